The van der Waals surface area contributed by atoms with E-state index in [1.165, 1.54) is 0 Å². The summed E-state index contributed by atoms with van der Waals surface area (Å²) in [4.78, 5) is 26.5. The third-order valence-electron chi connectivity index (χ3n) is 6.00. The molecule has 33 heavy (non-hydrogen) atoms. The topological polar surface area (TPSA) is 83.1 Å². The number of ether oxygens (including phenoxy) is 4. The molecule has 1 saturated carbocycles. The smallest absolute Gasteiger partial charge is 0.408 e. The number of ketones is 1. The molecule has 0 aromatic heterocycles. The van der Waals surface area contributed by atoms with Crippen LogP contribution in [0.25, 0.3) is 0 Å². The van der Waals surface area contributed by atoms with Gasteiger partial charge in [0, 0.05) is 5.92 Å². The number of amides is 1. The van der Waals surface area contributed by atoms with Crippen LogP contribution in [0.15, 0.2) is 30.3 Å². The van der Waals surface area contributed by atoms with Crippen molar-refractivity contribution in [3.63, 3.8) is 0 Å². The first-order valence-corrected chi connectivity index (χ1v) is 12.0. The quantitative estimate of drug-likeness (QED) is 0.601. The molecule has 1 aromatic rings. The Morgan fingerprint density at radius 1 is 1.12 bits per heavy atom. The van der Waals surface area contributed by atoms with E-state index >= 15 is 0 Å². The van der Waals surface area contributed by atoms with Gasteiger partial charge in [-0.25, -0.2) is 4.79 Å². The molecule has 184 valence electrons. The van der Waals surface area contributed by atoms with Gasteiger partial charge in [-0.3, -0.25) is 4.79 Å². The Labute approximate surface area is 197 Å². The summed E-state index contributed by atoms with van der Waals surface area (Å²) in [5.41, 5.74) is 0.285. The highest BCUT2D eigenvalue weighted by atomic mass is 16.7. The summed E-state index contributed by atoms with van der Waals surface area (Å²) in [6.45, 7) is 9.55. The molecule has 0 bridgehead atoms. The van der Waals surface area contributed by atoms with E-state index < -0.39 is 35.7 Å². The van der Waals surface area contributed by atoms with Crippen LogP contribution in [0.1, 0.15) is 72.3 Å². The van der Waals surface area contributed by atoms with Crippen molar-refractivity contribution >= 4 is 11.9 Å². The molecule has 2 aliphatic rings. The number of carbonyl (C=O) groups excluding carboxylic acids is 2. The number of benzene rings is 1. The molecule has 1 aliphatic heterocycles. The average Bonchev–Trinajstić information content (AvgIpc) is 3.12. The van der Waals surface area contributed by atoms with Gasteiger partial charge < -0.3 is 24.3 Å². The molecular weight excluding hydrogens is 422 g/mol. The summed E-state index contributed by atoms with van der Waals surface area (Å²) < 4.78 is 23.6. The summed E-state index contributed by atoms with van der Waals surface area (Å²) in [5, 5.41) is 2.90. The highest BCUT2D eigenvalue weighted by Gasteiger charge is 2.46. The highest BCUT2D eigenvalue weighted by Crippen LogP contribution is 2.31. The van der Waals surface area contributed by atoms with E-state index in [-0.39, 0.29) is 24.9 Å². The Morgan fingerprint density at radius 3 is 2.36 bits per heavy atom. The maximum Gasteiger partial charge on any atom is 0.408 e. The molecule has 2 fully saturated rings. The Bertz CT molecular complexity index is 782. The van der Waals surface area contributed by atoms with Gasteiger partial charge >= 0.3 is 6.09 Å². The second-order valence-electron chi connectivity index (χ2n) is 10.5. The first kappa shape index (κ1) is 25.7. The van der Waals surface area contributed by atoms with E-state index in [4.69, 9.17) is 18.9 Å². The number of alkyl carbamates (subject to hydrolysis) is 1. The van der Waals surface area contributed by atoms with Crippen LogP contribution in [-0.2, 0) is 30.3 Å². The lowest BCUT2D eigenvalue weighted by molar-refractivity contribution is -0.156. The molecule has 1 heterocycles. The normalized spacial score (nSPS) is 23.0. The Morgan fingerprint density at radius 2 is 1.79 bits per heavy atom. The number of carbonyl (C=O) groups is 2. The summed E-state index contributed by atoms with van der Waals surface area (Å²) in [7, 11) is 0. The number of hydrogen-bond donors (Lipinski definition) is 1. The van der Waals surface area contributed by atoms with Gasteiger partial charge in [0.1, 0.15) is 17.8 Å². The fourth-order valence-electron chi connectivity index (χ4n) is 4.44. The molecule has 1 aromatic carbocycles. The maximum absolute atomic E-state index is 13.7. The second-order valence-corrected chi connectivity index (χ2v) is 10.5. The van der Waals surface area contributed by atoms with Gasteiger partial charge in [-0.05, 0) is 53.0 Å². The summed E-state index contributed by atoms with van der Waals surface area (Å²) in [6.07, 6.45) is 2.87. The largest absolute Gasteiger partial charge is 0.444 e. The van der Waals surface area contributed by atoms with Gasteiger partial charge in [0.15, 0.2) is 11.6 Å². The molecule has 0 spiro atoms. The molecule has 1 amide bonds. The highest BCUT2D eigenvalue weighted by molar-refractivity contribution is 5.87. The Balaban J connectivity index is 1.86. The third-order valence-corrected chi connectivity index (χ3v) is 6.00. The van der Waals surface area contributed by atoms with Gasteiger partial charge in [-0.2, -0.15) is 0 Å². The van der Waals surface area contributed by atoms with E-state index in [0.29, 0.717) is 0 Å². The van der Waals surface area contributed by atoms with Crippen LogP contribution in [0.5, 0.6) is 0 Å². The van der Waals surface area contributed by atoms with Crippen molar-refractivity contribution in [3.05, 3.63) is 35.9 Å². The van der Waals surface area contributed by atoms with Crippen LogP contribution in [0.4, 0.5) is 4.79 Å². The predicted molar refractivity (Wildman–Crippen MR) is 125 cm³/mol. The molecule has 0 radical (unpaired) electrons. The van der Waals surface area contributed by atoms with E-state index in [2.05, 4.69) is 5.32 Å². The fraction of sp³-hybridized carbons (Fsp3) is 0.692. The molecule has 1 N–H and O–H groups in total. The molecular formula is C26H39NO6. The molecule has 7 nitrogen and oxygen atoms in total. The summed E-state index contributed by atoms with van der Waals surface area (Å²) in [5.74, 6) is -0.881. The van der Waals surface area contributed by atoms with Crippen LogP contribution < -0.4 is 5.32 Å². The van der Waals surface area contributed by atoms with E-state index in [1.54, 1.807) is 20.8 Å². The number of nitrogens with one attached hydrogen (secondary N) is 1. The zero-order chi connectivity index (χ0) is 24.1. The van der Waals surface area contributed by atoms with Crippen molar-refractivity contribution in [2.75, 3.05) is 6.61 Å². The van der Waals surface area contributed by atoms with Crippen molar-refractivity contribution in [2.24, 2.45) is 5.92 Å². The Kier molecular flexibility index (Phi) is 8.54. The van der Waals surface area contributed by atoms with Gasteiger partial charge in [0.2, 0.25) is 0 Å². The fourth-order valence-corrected chi connectivity index (χ4v) is 4.44. The van der Waals surface area contributed by atoms with E-state index in [1.807, 2.05) is 44.2 Å². The zero-order valence-corrected chi connectivity index (χ0v) is 20.6. The predicted octanol–water partition coefficient (Wildman–Crippen LogP) is 4.77. The standard InChI is InChI=1S/C26H39NO6/c1-25(2,3)33-24(29)27-21(20-17-31-26(4,5)32-20)23(22(28)19-14-10-7-11-15-19)30-16-18-12-8-6-9-13-18/h6,8-9,12-13,19-21,23H,7,10-11,14-17H2,1-5H3,(H,27,29). The third kappa shape index (κ3) is 7.80. The lowest BCUT2D eigenvalue weighted by Crippen LogP contribution is -2.57. The molecule has 1 saturated heterocycles. The van der Waals surface area contributed by atoms with Crippen LogP contribution in [0.2, 0.25) is 0 Å². The van der Waals surface area contributed by atoms with E-state index in [9.17, 15) is 9.59 Å². The van der Waals surface area contributed by atoms with Crippen LogP contribution in [-0.4, -0.2) is 48.1 Å². The monoisotopic (exact) mass is 461 g/mol. The average molecular weight is 462 g/mol. The minimum absolute atomic E-state index is 0.0139. The minimum atomic E-state index is -0.872. The van der Waals surface area contributed by atoms with Crippen molar-refractivity contribution in [1.82, 2.24) is 5.32 Å². The zero-order valence-electron chi connectivity index (χ0n) is 20.6. The Hall–Kier alpha value is -1.96. The second kappa shape index (κ2) is 11.0. The van der Waals surface area contributed by atoms with Gasteiger partial charge in [0.05, 0.1) is 19.3 Å². The summed E-state index contributed by atoms with van der Waals surface area (Å²) >= 11 is 0. The first-order valence-electron chi connectivity index (χ1n) is 12.0. The van der Waals surface area contributed by atoms with Crippen molar-refractivity contribution in [1.29, 1.82) is 0 Å². The van der Waals surface area contributed by atoms with E-state index in [0.717, 1.165) is 37.7 Å². The minimum Gasteiger partial charge on any atom is -0.444 e. The van der Waals surface area contributed by atoms with Crippen LogP contribution in [0.3, 0.4) is 0 Å². The number of rotatable bonds is 8. The molecule has 3 rings (SSSR count). The van der Waals surface area contributed by atoms with Gasteiger partial charge in [-0.1, -0.05) is 49.6 Å². The van der Waals surface area contributed by atoms with Gasteiger partial charge in [-0.15, -0.1) is 0 Å². The lowest BCUT2D eigenvalue weighted by atomic mass is 9.82. The molecule has 3 unspecified atom stereocenters. The maximum atomic E-state index is 13.7. The molecule has 1 aliphatic carbocycles. The van der Waals surface area contributed by atoms with Gasteiger partial charge in [0.25, 0.3) is 0 Å². The SMILES string of the molecule is CC(C)(C)OC(=O)NC(C1COC(C)(C)O1)C(OCc1ccccc1)C(=O)C1CCCCC1. The van der Waals surface area contributed by atoms with Crippen LogP contribution in [0, 0.1) is 5.92 Å². The van der Waals surface area contributed by atoms with Crippen LogP contribution >= 0.6 is 0 Å². The lowest BCUT2D eigenvalue weighted by Gasteiger charge is -2.34. The molecule has 7 heteroatoms. The van der Waals surface area contributed by atoms with Crippen molar-refractivity contribution in [2.45, 2.75) is 103 Å². The first-order chi connectivity index (χ1) is 15.5. The van der Waals surface area contributed by atoms with Crippen molar-refractivity contribution < 1.29 is 28.5 Å². The summed E-state index contributed by atoms with van der Waals surface area (Å²) in [6, 6.07) is 8.98. The molecule has 3 atom stereocenters. The number of hydrogen-bond acceptors (Lipinski definition) is 6. The number of Topliss-reactive ketones (excluding diaryl/α,β-unsaturated/α-hetero) is 1. The van der Waals surface area contributed by atoms with Crippen molar-refractivity contribution in [3.8, 4) is 0 Å².